The van der Waals surface area contributed by atoms with Crippen molar-refractivity contribution in [3.8, 4) is 0 Å². The Morgan fingerprint density at radius 2 is 2.17 bits per heavy atom. The number of nitrogens with one attached hydrogen (secondary N) is 1. The van der Waals surface area contributed by atoms with Crippen molar-refractivity contribution in [3.63, 3.8) is 0 Å². The quantitative estimate of drug-likeness (QED) is 0.503. The molecule has 0 aromatic heterocycles. The zero-order chi connectivity index (χ0) is 9.56. The van der Waals surface area contributed by atoms with Gasteiger partial charge in [-0.2, -0.15) is 0 Å². The van der Waals surface area contributed by atoms with Gasteiger partial charge in [-0.05, 0) is 13.3 Å². The maximum atomic E-state index is 10.9. The summed E-state index contributed by atoms with van der Waals surface area (Å²) in [6.07, 6.45) is 0.0624. The first kappa shape index (κ1) is 10.9. The van der Waals surface area contributed by atoms with Crippen molar-refractivity contribution in [3.05, 3.63) is 6.92 Å². The summed E-state index contributed by atoms with van der Waals surface area (Å²) in [5, 5.41) is 10.7. The van der Waals surface area contributed by atoms with Gasteiger partial charge in [-0.25, -0.2) is 0 Å². The van der Waals surface area contributed by atoms with E-state index in [-0.39, 0.29) is 25.3 Å². The van der Waals surface area contributed by atoms with Gasteiger partial charge < -0.3 is 16.2 Å². The maximum absolute atomic E-state index is 10.9. The second-order valence-electron chi connectivity index (χ2n) is 2.33. The van der Waals surface area contributed by atoms with Crippen LogP contribution in [-0.4, -0.2) is 29.6 Å². The number of amides is 1. The zero-order valence-electron chi connectivity index (χ0n) is 6.75. The van der Waals surface area contributed by atoms with E-state index < -0.39 is 12.0 Å². The number of carboxylic acids is 1. The van der Waals surface area contributed by atoms with Crippen LogP contribution in [0.3, 0.4) is 0 Å². The molecule has 1 radical (unpaired) electrons. The standard InChI is InChI=1S/C7H13N2O3/c1-2-9-7(12)5(8)3-4-6(10)11/h5H,1-4,8H2,(H,9,12)(H,10,11)/t5-/m0/s1. The lowest BCUT2D eigenvalue weighted by atomic mass is 10.1. The number of nitrogens with two attached hydrogens (primary N) is 1. The van der Waals surface area contributed by atoms with Crippen LogP contribution in [0.25, 0.3) is 0 Å². The first-order chi connectivity index (χ1) is 5.57. The maximum Gasteiger partial charge on any atom is 0.303 e. The number of hydrogen-bond donors (Lipinski definition) is 3. The fourth-order valence-electron chi connectivity index (χ4n) is 0.664. The average Bonchev–Trinajstić information content (AvgIpc) is 2.00. The van der Waals surface area contributed by atoms with E-state index in [1.165, 1.54) is 0 Å². The molecule has 0 aromatic rings. The summed E-state index contributed by atoms with van der Waals surface area (Å²) >= 11 is 0. The van der Waals surface area contributed by atoms with Crippen molar-refractivity contribution < 1.29 is 14.7 Å². The largest absolute Gasteiger partial charge is 0.481 e. The van der Waals surface area contributed by atoms with Crippen LogP contribution in [0.15, 0.2) is 0 Å². The molecule has 0 unspecified atom stereocenters. The Hall–Kier alpha value is -1.10. The van der Waals surface area contributed by atoms with E-state index in [2.05, 4.69) is 12.2 Å². The van der Waals surface area contributed by atoms with Gasteiger partial charge in [0.1, 0.15) is 0 Å². The lowest BCUT2D eigenvalue weighted by Gasteiger charge is -2.08. The van der Waals surface area contributed by atoms with Crippen molar-refractivity contribution in [2.75, 3.05) is 6.54 Å². The Kier molecular flexibility index (Phi) is 5.03. The predicted molar refractivity (Wildman–Crippen MR) is 43.2 cm³/mol. The van der Waals surface area contributed by atoms with E-state index >= 15 is 0 Å². The summed E-state index contributed by atoms with van der Waals surface area (Å²) in [5.41, 5.74) is 5.35. The van der Waals surface area contributed by atoms with Crippen molar-refractivity contribution in [2.24, 2.45) is 5.73 Å². The summed E-state index contributed by atoms with van der Waals surface area (Å²) in [4.78, 5) is 21.0. The molecule has 0 fully saturated rings. The van der Waals surface area contributed by atoms with Crippen molar-refractivity contribution in [1.29, 1.82) is 0 Å². The molecule has 1 amide bonds. The number of carbonyl (C=O) groups excluding carboxylic acids is 1. The van der Waals surface area contributed by atoms with Gasteiger partial charge in [0, 0.05) is 13.0 Å². The summed E-state index contributed by atoms with van der Waals surface area (Å²) in [6, 6.07) is -0.747. The van der Waals surface area contributed by atoms with Crippen LogP contribution in [0.2, 0.25) is 0 Å². The predicted octanol–water partition coefficient (Wildman–Crippen LogP) is -0.871. The lowest BCUT2D eigenvalue weighted by molar-refractivity contribution is -0.137. The van der Waals surface area contributed by atoms with Crippen molar-refractivity contribution >= 4 is 11.9 Å². The highest BCUT2D eigenvalue weighted by Gasteiger charge is 2.13. The van der Waals surface area contributed by atoms with Crippen LogP contribution in [-0.2, 0) is 9.59 Å². The molecule has 0 aliphatic rings. The minimum Gasteiger partial charge on any atom is -0.481 e. The molecular formula is C7H13N2O3. The average molecular weight is 173 g/mol. The normalized spacial score (nSPS) is 12.2. The van der Waals surface area contributed by atoms with Crippen LogP contribution >= 0.6 is 0 Å². The van der Waals surface area contributed by atoms with Gasteiger partial charge in [0.15, 0.2) is 0 Å². The minimum atomic E-state index is -0.951. The van der Waals surface area contributed by atoms with E-state index in [9.17, 15) is 9.59 Å². The summed E-state index contributed by atoms with van der Waals surface area (Å²) in [5.74, 6) is -1.31. The molecule has 0 rings (SSSR count). The molecule has 0 aromatic carbocycles. The molecule has 69 valence electrons. The minimum absolute atomic E-state index is 0.0915. The number of rotatable bonds is 5. The van der Waals surface area contributed by atoms with E-state index in [1.54, 1.807) is 0 Å². The van der Waals surface area contributed by atoms with E-state index in [0.29, 0.717) is 0 Å². The molecule has 0 saturated carbocycles. The highest BCUT2D eigenvalue weighted by atomic mass is 16.4. The lowest BCUT2D eigenvalue weighted by Crippen LogP contribution is -2.40. The summed E-state index contributed by atoms with van der Waals surface area (Å²) in [6.45, 7) is 3.66. The van der Waals surface area contributed by atoms with Gasteiger partial charge in [-0.3, -0.25) is 9.59 Å². The van der Waals surface area contributed by atoms with Gasteiger partial charge in [0.05, 0.1) is 6.04 Å². The van der Waals surface area contributed by atoms with Crippen LogP contribution < -0.4 is 11.1 Å². The van der Waals surface area contributed by atoms with Gasteiger partial charge >= 0.3 is 5.97 Å². The second-order valence-corrected chi connectivity index (χ2v) is 2.33. The molecule has 0 heterocycles. The van der Waals surface area contributed by atoms with Gasteiger partial charge in [-0.1, -0.05) is 0 Å². The van der Waals surface area contributed by atoms with Gasteiger partial charge in [-0.15, -0.1) is 0 Å². The molecule has 0 aliphatic carbocycles. The summed E-state index contributed by atoms with van der Waals surface area (Å²) < 4.78 is 0. The van der Waals surface area contributed by atoms with Crippen LogP contribution in [0.1, 0.15) is 12.8 Å². The fraction of sp³-hybridized carbons (Fsp3) is 0.571. The third kappa shape index (κ3) is 4.68. The SMILES string of the molecule is [CH2]CNC(=O)[C@@H](N)CCC(=O)O. The first-order valence-corrected chi connectivity index (χ1v) is 3.62. The number of hydrogen-bond acceptors (Lipinski definition) is 3. The Balaban J connectivity index is 3.63. The van der Waals surface area contributed by atoms with Crippen LogP contribution in [0.5, 0.6) is 0 Å². The van der Waals surface area contributed by atoms with Gasteiger partial charge in [0.2, 0.25) is 5.91 Å². The van der Waals surface area contributed by atoms with Crippen molar-refractivity contribution in [1.82, 2.24) is 5.32 Å². The first-order valence-electron chi connectivity index (χ1n) is 3.62. The summed E-state index contributed by atoms with van der Waals surface area (Å²) in [7, 11) is 0. The number of aliphatic carboxylic acids is 1. The van der Waals surface area contributed by atoms with E-state index in [0.717, 1.165) is 0 Å². The highest BCUT2D eigenvalue weighted by molar-refractivity contribution is 5.82. The molecule has 0 spiro atoms. The third-order valence-electron chi connectivity index (χ3n) is 1.31. The third-order valence-corrected chi connectivity index (χ3v) is 1.31. The highest BCUT2D eigenvalue weighted by Crippen LogP contribution is 1.93. The molecule has 0 bridgehead atoms. The van der Waals surface area contributed by atoms with E-state index in [4.69, 9.17) is 10.8 Å². The molecular weight excluding hydrogens is 160 g/mol. The van der Waals surface area contributed by atoms with Gasteiger partial charge in [0.25, 0.3) is 0 Å². The Bertz CT molecular complexity index is 170. The molecule has 5 heteroatoms. The molecule has 12 heavy (non-hydrogen) atoms. The second kappa shape index (κ2) is 5.54. The van der Waals surface area contributed by atoms with Crippen molar-refractivity contribution in [2.45, 2.75) is 18.9 Å². The Labute approximate surface area is 70.9 Å². The zero-order valence-corrected chi connectivity index (χ0v) is 6.75. The molecule has 5 nitrogen and oxygen atoms in total. The molecule has 0 aliphatic heterocycles. The number of carboxylic acid groups (broad SMARTS) is 1. The smallest absolute Gasteiger partial charge is 0.303 e. The molecule has 0 saturated heterocycles. The van der Waals surface area contributed by atoms with Crippen LogP contribution in [0.4, 0.5) is 0 Å². The van der Waals surface area contributed by atoms with Crippen LogP contribution in [0, 0.1) is 6.92 Å². The number of carbonyl (C=O) groups is 2. The molecule has 1 atom stereocenters. The Morgan fingerprint density at radius 3 is 2.58 bits per heavy atom. The fourth-order valence-corrected chi connectivity index (χ4v) is 0.664. The van der Waals surface area contributed by atoms with E-state index in [1.807, 2.05) is 0 Å². The molecule has 4 N–H and O–H groups in total. The Morgan fingerprint density at radius 1 is 1.58 bits per heavy atom. The topological polar surface area (TPSA) is 92.4 Å². The monoisotopic (exact) mass is 173 g/mol.